The molecular weight excluding hydrogens is 360 g/mol. The first-order chi connectivity index (χ1) is 12.4. The van der Waals surface area contributed by atoms with Gasteiger partial charge >= 0.3 is 6.09 Å². The predicted octanol–water partition coefficient (Wildman–Crippen LogP) is 1.43. The van der Waals surface area contributed by atoms with Crippen LogP contribution in [-0.2, 0) is 23.7 Å². The third-order valence-electron chi connectivity index (χ3n) is 3.24. The van der Waals surface area contributed by atoms with Crippen LogP contribution in [0.5, 0.6) is 0 Å². The molecule has 0 aliphatic carbocycles. The van der Waals surface area contributed by atoms with Crippen molar-refractivity contribution in [3.63, 3.8) is 0 Å². The van der Waals surface area contributed by atoms with Gasteiger partial charge in [-0.3, -0.25) is 4.79 Å². The van der Waals surface area contributed by atoms with Crippen LogP contribution in [0, 0.1) is 0 Å². The summed E-state index contributed by atoms with van der Waals surface area (Å²) in [5.41, 5.74) is 0. The summed E-state index contributed by atoms with van der Waals surface area (Å²) in [5.74, 6) is 0.0406. The highest BCUT2D eigenvalue weighted by atomic mass is 32.2. The molecular formula is C17H34N2O6S. The van der Waals surface area contributed by atoms with E-state index in [1.807, 2.05) is 20.1 Å². The monoisotopic (exact) mass is 394 g/mol. The number of alkyl carbamates (subject to hydrolysis) is 1. The van der Waals surface area contributed by atoms with E-state index in [0.717, 1.165) is 0 Å². The first-order valence-corrected chi connectivity index (χ1v) is 10.1. The second-order valence-electron chi connectivity index (χ2n) is 5.97. The van der Waals surface area contributed by atoms with Crippen molar-refractivity contribution in [3.8, 4) is 0 Å². The van der Waals surface area contributed by atoms with Crippen molar-refractivity contribution in [3.05, 3.63) is 0 Å². The lowest BCUT2D eigenvalue weighted by Gasteiger charge is -2.20. The fourth-order valence-corrected chi connectivity index (χ4v) is 2.01. The van der Waals surface area contributed by atoms with Gasteiger partial charge in [-0.05, 0) is 13.2 Å². The van der Waals surface area contributed by atoms with Gasteiger partial charge in [0.05, 0.1) is 46.2 Å². The van der Waals surface area contributed by atoms with Gasteiger partial charge in [0.15, 0.2) is 0 Å². The van der Waals surface area contributed by atoms with Crippen molar-refractivity contribution in [1.82, 2.24) is 10.6 Å². The molecule has 0 aromatic heterocycles. The molecule has 0 heterocycles. The van der Waals surface area contributed by atoms with E-state index in [9.17, 15) is 9.59 Å². The summed E-state index contributed by atoms with van der Waals surface area (Å²) in [6.45, 7) is 9.82. The largest absolute Gasteiger partial charge is 0.450 e. The van der Waals surface area contributed by atoms with Crippen LogP contribution in [0.15, 0.2) is 0 Å². The van der Waals surface area contributed by atoms with Crippen LogP contribution >= 0.6 is 11.8 Å². The van der Waals surface area contributed by atoms with Crippen molar-refractivity contribution in [2.45, 2.75) is 31.9 Å². The van der Waals surface area contributed by atoms with Crippen molar-refractivity contribution in [1.29, 1.82) is 0 Å². The fourth-order valence-electron chi connectivity index (χ4n) is 1.73. The minimum Gasteiger partial charge on any atom is -0.450 e. The second-order valence-corrected chi connectivity index (χ2v) is 7.49. The minimum absolute atomic E-state index is 0.0406. The van der Waals surface area contributed by atoms with Crippen LogP contribution < -0.4 is 10.6 Å². The van der Waals surface area contributed by atoms with Gasteiger partial charge in [0.25, 0.3) is 0 Å². The van der Waals surface area contributed by atoms with Crippen LogP contribution in [0.1, 0.15) is 27.2 Å². The van der Waals surface area contributed by atoms with E-state index in [2.05, 4.69) is 10.6 Å². The molecule has 0 saturated carbocycles. The maximum Gasteiger partial charge on any atom is 0.407 e. The zero-order valence-corrected chi connectivity index (χ0v) is 17.2. The molecule has 0 spiro atoms. The van der Waals surface area contributed by atoms with Crippen molar-refractivity contribution < 1.29 is 28.5 Å². The summed E-state index contributed by atoms with van der Waals surface area (Å²) in [4.78, 5) is 22.7. The number of rotatable bonds is 16. The zero-order chi connectivity index (χ0) is 19.7. The molecule has 154 valence electrons. The average molecular weight is 395 g/mol. The Balaban J connectivity index is 3.27. The third kappa shape index (κ3) is 16.4. The van der Waals surface area contributed by atoms with E-state index in [0.29, 0.717) is 65.8 Å². The molecule has 0 aromatic carbocycles. The summed E-state index contributed by atoms with van der Waals surface area (Å²) in [7, 11) is 0. The molecule has 0 radical (unpaired) electrons. The number of nitrogens with one attached hydrogen (secondary N) is 2. The molecule has 0 atom stereocenters. The molecule has 8 nitrogen and oxygen atoms in total. The number of carbonyl (C=O) groups is 2. The minimum atomic E-state index is -0.436. The summed E-state index contributed by atoms with van der Waals surface area (Å²) in [6, 6.07) is 0. The molecule has 0 saturated heterocycles. The van der Waals surface area contributed by atoms with Gasteiger partial charge in [-0.1, -0.05) is 13.8 Å². The maximum absolute atomic E-state index is 11.7. The molecule has 26 heavy (non-hydrogen) atoms. The highest BCUT2D eigenvalue weighted by Gasteiger charge is 2.19. The first kappa shape index (κ1) is 25.0. The Labute approximate surface area is 161 Å². The van der Waals surface area contributed by atoms with E-state index in [1.165, 1.54) is 0 Å². The summed E-state index contributed by atoms with van der Waals surface area (Å²) in [6.07, 6.45) is 2.06. The van der Waals surface area contributed by atoms with Crippen molar-refractivity contribution in [2.75, 3.05) is 65.6 Å². The predicted molar refractivity (Wildman–Crippen MR) is 103 cm³/mol. The highest BCUT2D eigenvalue weighted by Crippen LogP contribution is 2.24. The Bertz CT molecular complexity index is 382. The maximum atomic E-state index is 11.7. The number of amides is 2. The van der Waals surface area contributed by atoms with E-state index in [4.69, 9.17) is 18.9 Å². The fraction of sp³-hybridized carbons (Fsp3) is 0.882. The van der Waals surface area contributed by atoms with Gasteiger partial charge in [0, 0.05) is 24.3 Å². The standard InChI is InChI=1S/C17H34N2O6S/c1-5-25-16(21)19-7-9-23-11-13-24-12-10-22-8-6-18-15(20)14-17(2,3)26-4/h5-14H2,1-4H3,(H,18,20)(H,19,21). The van der Waals surface area contributed by atoms with Crippen molar-refractivity contribution >= 4 is 23.8 Å². The van der Waals surface area contributed by atoms with E-state index in [-0.39, 0.29) is 10.7 Å². The molecule has 0 aliphatic rings. The first-order valence-electron chi connectivity index (χ1n) is 8.87. The number of ether oxygens (including phenoxy) is 4. The summed E-state index contributed by atoms with van der Waals surface area (Å²) in [5, 5.41) is 5.40. The van der Waals surface area contributed by atoms with Crippen LogP contribution in [-0.4, -0.2) is 82.3 Å². The lowest BCUT2D eigenvalue weighted by Crippen LogP contribution is -2.32. The lowest BCUT2D eigenvalue weighted by atomic mass is 10.1. The Morgan fingerprint density at radius 1 is 0.885 bits per heavy atom. The van der Waals surface area contributed by atoms with Gasteiger partial charge in [-0.15, -0.1) is 0 Å². The average Bonchev–Trinajstić information content (AvgIpc) is 2.58. The highest BCUT2D eigenvalue weighted by molar-refractivity contribution is 7.99. The van der Waals surface area contributed by atoms with E-state index < -0.39 is 6.09 Å². The van der Waals surface area contributed by atoms with Crippen molar-refractivity contribution in [2.24, 2.45) is 0 Å². The SMILES string of the molecule is CCOC(=O)NCCOCCOCCOCCNC(=O)CC(C)(C)SC. The molecule has 0 rings (SSSR count). The molecule has 2 N–H and O–H groups in total. The molecule has 0 fully saturated rings. The van der Waals surface area contributed by atoms with Crippen LogP contribution in [0.3, 0.4) is 0 Å². The second kappa shape index (κ2) is 16.2. The quantitative estimate of drug-likeness (QED) is 0.382. The Morgan fingerprint density at radius 2 is 1.38 bits per heavy atom. The normalized spacial score (nSPS) is 11.2. The molecule has 0 aromatic rings. The number of hydrogen-bond donors (Lipinski definition) is 2. The van der Waals surface area contributed by atoms with E-state index in [1.54, 1.807) is 18.7 Å². The van der Waals surface area contributed by atoms with E-state index >= 15 is 0 Å². The van der Waals surface area contributed by atoms with Gasteiger partial charge < -0.3 is 29.6 Å². The Morgan fingerprint density at radius 3 is 1.88 bits per heavy atom. The molecule has 0 unspecified atom stereocenters. The Hall–Kier alpha value is -1.03. The van der Waals surface area contributed by atoms with Gasteiger partial charge in [-0.2, -0.15) is 11.8 Å². The van der Waals surface area contributed by atoms with Crippen LogP contribution in [0.4, 0.5) is 4.79 Å². The zero-order valence-electron chi connectivity index (χ0n) is 16.4. The number of thioether (sulfide) groups is 1. The molecule has 0 bridgehead atoms. The topological polar surface area (TPSA) is 95.1 Å². The Kier molecular flexibility index (Phi) is 15.5. The smallest absolute Gasteiger partial charge is 0.407 e. The van der Waals surface area contributed by atoms with Crippen LogP contribution in [0.2, 0.25) is 0 Å². The summed E-state index contributed by atoms with van der Waals surface area (Å²) < 4.78 is 20.7. The third-order valence-corrected chi connectivity index (χ3v) is 4.49. The van der Waals surface area contributed by atoms with Crippen LogP contribution in [0.25, 0.3) is 0 Å². The summed E-state index contributed by atoms with van der Waals surface area (Å²) >= 11 is 1.68. The van der Waals surface area contributed by atoms with Gasteiger partial charge in [0.2, 0.25) is 5.91 Å². The molecule has 0 aliphatic heterocycles. The molecule has 2 amide bonds. The number of carbonyl (C=O) groups excluding carboxylic acids is 2. The lowest BCUT2D eigenvalue weighted by molar-refractivity contribution is -0.121. The molecule has 9 heteroatoms. The van der Waals surface area contributed by atoms with Gasteiger partial charge in [-0.25, -0.2) is 4.79 Å². The van der Waals surface area contributed by atoms with Gasteiger partial charge in [0.1, 0.15) is 0 Å². The number of hydrogen-bond acceptors (Lipinski definition) is 7.